The predicted octanol–water partition coefficient (Wildman–Crippen LogP) is 3.30. The van der Waals surface area contributed by atoms with Crippen molar-refractivity contribution in [1.29, 1.82) is 0 Å². The second kappa shape index (κ2) is 7.06. The van der Waals surface area contributed by atoms with Crippen LogP contribution in [0.25, 0.3) is 0 Å². The van der Waals surface area contributed by atoms with Crippen LogP contribution in [-0.2, 0) is 4.79 Å². The van der Waals surface area contributed by atoms with E-state index in [4.69, 9.17) is 0 Å². The van der Waals surface area contributed by atoms with Crippen LogP contribution in [0.3, 0.4) is 0 Å². The number of amidine groups is 1. The summed E-state index contributed by atoms with van der Waals surface area (Å²) in [5, 5.41) is 8.79. The lowest BCUT2D eigenvalue weighted by molar-refractivity contribution is -0.115. The fraction of sp³-hybridized carbons (Fsp3) is 0.222. The van der Waals surface area contributed by atoms with E-state index in [1.165, 1.54) is 18.7 Å². The fourth-order valence-corrected chi connectivity index (χ4v) is 3.37. The van der Waals surface area contributed by atoms with Crippen molar-refractivity contribution in [3.05, 3.63) is 52.8 Å². The number of amides is 1. The van der Waals surface area contributed by atoms with Crippen LogP contribution in [0, 0.1) is 13.8 Å². The third-order valence-electron chi connectivity index (χ3n) is 3.81. The molecule has 0 saturated carbocycles. The summed E-state index contributed by atoms with van der Waals surface area (Å²) in [6.45, 7) is 5.36. The van der Waals surface area contributed by atoms with Crippen LogP contribution in [0.1, 0.15) is 34.2 Å². The number of ketones is 1. The zero-order valence-corrected chi connectivity index (χ0v) is 15.1. The molecule has 1 aliphatic rings. The first kappa shape index (κ1) is 17.2. The number of aryl methyl sites for hydroxylation is 2. The Kier molecular flexibility index (Phi) is 4.85. The summed E-state index contributed by atoms with van der Waals surface area (Å²) >= 11 is 1.35. The molecule has 0 bridgehead atoms. The van der Waals surface area contributed by atoms with E-state index < -0.39 is 0 Å². The number of hydrogen-bond acceptors (Lipinski definition) is 5. The van der Waals surface area contributed by atoms with Gasteiger partial charge in [0.05, 0.1) is 23.3 Å². The number of H-pyrrole nitrogens is 1. The molecule has 0 spiro atoms. The maximum atomic E-state index is 12.2. The highest BCUT2D eigenvalue weighted by atomic mass is 32.2. The van der Waals surface area contributed by atoms with E-state index in [1.54, 1.807) is 17.2 Å². The highest BCUT2D eigenvalue weighted by Crippen LogP contribution is 2.27. The Labute approximate surface area is 150 Å². The topological polar surface area (TPSA) is 77.9 Å². The number of anilines is 1. The number of carbonyl (C=O) groups excluding carboxylic acids is 2. The number of aromatic amines is 1. The molecule has 0 unspecified atom stereocenters. The highest BCUT2D eigenvalue weighted by molar-refractivity contribution is 8.15. The lowest BCUT2D eigenvalue weighted by atomic mass is 10.2. The lowest BCUT2D eigenvalue weighted by Crippen LogP contribution is -2.28. The number of thioether (sulfide) groups is 1. The van der Waals surface area contributed by atoms with Crippen LogP contribution < -0.4 is 4.90 Å². The molecule has 128 valence electrons. The second-order valence-corrected chi connectivity index (χ2v) is 6.74. The van der Waals surface area contributed by atoms with Crippen LogP contribution in [-0.4, -0.2) is 33.8 Å². The first-order valence-electron chi connectivity index (χ1n) is 7.79. The van der Waals surface area contributed by atoms with Gasteiger partial charge in [0.15, 0.2) is 11.0 Å². The van der Waals surface area contributed by atoms with Crippen molar-refractivity contribution < 1.29 is 9.59 Å². The van der Waals surface area contributed by atoms with E-state index in [0.29, 0.717) is 22.2 Å². The molecule has 1 N–H and O–H groups in total. The third-order valence-corrected chi connectivity index (χ3v) is 4.73. The smallest absolute Gasteiger partial charge is 0.243 e. The Bertz CT molecular complexity index is 881. The molecule has 7 heteroatoms. The Morgan fingerprint density at radius 3 is 2.64 bits per heavy atom. The number of hydrogen-bond donors (Lipinski definition) is 1. The van der Waals surface area contributed by atoms with Crippen LogP contribution in [0.15, 0.2) is 40.5 Å². The molecule has 1 saturated heterocycles. The van der Waals surface area contributed by atoms with Gasteiger partial charge >= 0.3 is 0 Å². The SMILES string of the molecule is CC(=O)c1cc(/C=N\N=C2\SCC(=O)N2c2ccc(C)cc2)[nH]c1C. The molecule has 2 heterocycles. The number of nitrogens with one attached hydrogen (secondary N) is 1. The molecular formula is C18H18N4O2S. The quantitative estimate of drug-likeness (QED) is 0.520. The van der Waals surface area contributed by atoms with Crippen molar-refractivity contribution in [2.75, 3.05) is 10.7 Å². The number of aromatic nitrogens is 1. The van der Waals surface area contributed by atoms with Gasteiger partial charge in [-0.25, -0.2) is 0 Å². The molecule has 3 rings (SSSR count). The van der Waals surface area contributed by atoms with E-state index in [0.717, 1.165) is 16.9 Å². The first-order valence-corrected chi connectivity index (χ1v) is 8.78. The molecule has 25 heavy (non-hydrogen) atoms. The molecule has 1 fully saturated rings. The van der Waals surface area contributed by atoms with Crippen molar-refractivity contribution in [2.24, 2.45) is 10.2 Å². The van der Waals surface area contributed by atoms with Gasteiger partial charge < -0.3 is 4.98 Å². The van der Waals surface area contributed by atoms with E-state index in [1.807, 2.05) is 38.1 Å². The molecule has 6 nitrogen and oxygen atoms in total. The van der Waals surface area contributed by atoms with E-state index >= 15 is 0 Å². The summed E-state index contributed by atoms with van der Waals surface area (Å²) in [6, 6.07) is 9.44. The van der Waals surface area contributed by atoms with Gasteiger partial charge in [-0.15, -0.1) is 5.10 Å². The summed E-state index contributed by atoms with van der Waals surface area (Å²) in [7, 11) is 0. The van der Waals surface area contributed by atoms with Crippen LogP contribution >= 0.6 is 11.8 Å². The van der Waals surface area contributed by atoms with E-state index in [-0.39, 0.29) is 11.7 Å². The summed E-state index contributed by atoms with van der Waals surface area (Å²) in [5.74, 6) is 0.331. The number of Topliss-reactive ketones (excluding diaryl/α,β-unsaturated/α-hetero) is 1. The minimum atomic E-state index is -0.0163. The van der Waals surface area contributed by atoms with Gasteiger partial charge in [0, 0.05) is 11.3 Å². The van der Waals surface area contributed by atoms with Crippen molar-refractivity contribution in [3.8, 4) is 0 Å². The zero-order valence-electron chi connectivity index (χ0n) is 14.2. The minimum Gasteiger partial charge on any atom is -0.357 e. The molecule has 0 atom stereocenters. The number of benzene rings is 1. The van der Waals surface area contributed by atoms with Crippen molar-refractivity contribution in [2.45, 2.75) is 20.8 Å². The first-order chi connectivity index (χ1) is 12.0. The molecule has 1 aromatic carbocycles. The second-order valence-electron chi connectivity index (χ2n) is 5.80. The molecule has 1 amide bonds. The lowest BCUT2D eigenvalue weighted by Gasteiger charge is -2.15. The van der Waals surface area contributed by atoms with Gasteiger partial charge in [-0.1, -0.05) is 29.5 Å². The standard InChI is InChI=1S/C18H18N4O2S/c1-11-4-6-15(7-5-11)22-17(24)10-25-18(22)21-19-9-14-8-16(13(3)23)12(2)20-14/h4-9,20H,10H2,1-3H3/b19-9-,21-18+. The van der Waals surface area contributed by atoms with Gasteiger partial charge in [-0.3, -0.25) is 14.5 Å². The summed E-state index contributed by atoms with van der Waals surface area (Å²) < 4.78 is 0. The molecular weight excluding hydrogens is 336 g/mol. The Hall–Kier alpha value is -2.67. The third kappa shape index (κ3) is 3.71. The average Bonchev–Trinajstić information content (AvgIpc) is 3.12. The molecule has 1 aliphatic heterocycles. The van der Waals surface area contributed by atoms with Crippen LogP contribution in [0.5, 0.6) is 0 Å². The molecule has 0 aliphatic carbocycles. The fourth-order valence-electron chi connectivity index (χ4n) is 2.54. The van der Waals surface area contributed by atoms with Gasteiger partial charge in [0.25, 0.3) is 0 Å². The van der Waals surface area contributed by atoms with Crippen molar-refractivity contribution in [3.63, 3.8) is 0 Å². The largest absolute Gasteiger partial charge is 0.357 e. The van der Waals surface area contributed by atoms with Crippen LogP contribution in [0.2, 0.25) is 0 Å². The van der Waals surface area contributed by atoms with Gasteiger partial charge in [-0.2, -0.15) is 5.10 Å². The predicted molar refractivity (Wildman–Crippen MR) is 102 cm³/mol. The Balaban J connectivity index is 1.82. The highest BCUT2D eigenvalue weighted by Gasteiger charge is 2.29. The molecule has 0 radical (unpaired) electrons. The Morgan fingerprint density at radius 2 is 2.00 bits per heavy atom. The van der Waals surface area contributed by atoms with Gasteiger partial charge in [0.2, 0.25) is 5.91 Å². The average molecular weight is 354 g/mol. The van der Waals surface area contributed by atoms with Gasteiger partial charge in [0.1, 0.15) is 0 Å². The summed E-state index contributed by atoms with van der Waals surface area (Å²) in [5.41, 5.74) is 4.05. The molecule has 2 aromatic rings. The maximum absolute atomic E-state index is 12.2. The number of carbonyl (C=O) groups is 2. The van der Waals surface area contributed by atoms with Gasteiger partial charge in [-0.05, 0) is 39.0 Å². The molecule has 1 aromatic heterocycles. The van der Waals surface area contributed by atoms with Crippen molar-refractivity contribution >= 4 is 40.5 Å². The zero-order chi connectivity index (χ0) is 18.0. The monoisotopic (exact) mass is 354 g/mol. The summed E-state index contributed by atoms with van der Waals surface area (Å²) in [6.07, 6.45) is 1.54. The Morgan fingerprint density at radius 1 is 1.28 bits per heavy atom. The number of rotatable bonds is 4. The maximum Gasteiger partial charge on any atom is 0.243 e. The van der Waals surface area contributed by atoms with Crippen LogP contribution in [0.4, 0.5) is 5.69 Å². The van der Waals surface area contributed by atoms with Crippen molar-refractivity contribution in [1.82, 2.24) is 4.98 Å². The van der Waals surface area contributed by atoms with E-state index in [9.17, 15) is 9.59 Å². The minimum absolute atomic E-state index is 0.00204. The normalized spacial score (nSPS) is 16.4. The van der Waals surface area contributed by atoms with E-state index in [2.05, 4.69) is 15.2 Å². The summed E-state index contributed by atoms with van der Waals surface area (Å²) in [4.78, 5) is 28.3. The number of nitrogens with zero attached hydrogens (tertiary/aromatic N) is 3.